The van der Waals surface area contributed by atoms with Crippen LogP contribution in [0.25, 0.3) is 22.3 Å². The highest BCUT2D eigenvalue weighted by atomic mass is 32.1. The van der Waals surface area contributed by atoms with E-state index in [0.717, 1.165) is 5.39 Å². The molecule has 0 amide bonds. The van der Waals surface area contributed by atoms with Crippen LogP contribution in [0, 0.1) is 15.8 Å². The molecule has 126 valence electrons. The molecule has 25 heavy (non-hydrogen) atoms. The molecule has 0 aliphatic carbocycles. The standard InChI is InChI=1S/C19H15NO4S/c1-21-15-8-11(9-16(22-2)18(15)23-3)17-13(10-20)19(25)12-6-4-5-7-14(12)24-17/h4-9H,1-3H3. The van der Waals surface area contributed by atoms with Crippen molar-refractivity contribution in [2.45, 2.75) is 0 Å². The van der Waals surface area contributed by atoms with Gasteiger partial charge in [-0.2, -0.15) is 5.26 Å². The Balaban J connectivity index is 2.37. The summed E-state index contributed by atoms with van der Waals surface area (Å²) in [6, 6.07) is 13.0. The maximum atomic E-state index is 9.61. The first-order valence-corrected chi connectivity index (χ1v) is 7.81. The first-order valence-electron chi connectivity index (χ1n) is 7.41. The van der Waals surface area contributed by atoms with E-state index in [1.54, 1.807) is 12.1 Å². The molecule has 1 aromatic heterocycles. The summed E-state index contributed by atoms with van der Waals surface area (Å²) in [6.45, 7) is 0. The van der Waals surface area contributed by atoms with Gasteiger partial charge >= 0.3 is 0 Å². The number of fused-ring (bicyclic) bond motifs is 1. The van der Waals surface area contributed by atoms with Crippen molar-refractivity contribution in [3.8, 4) is 34.6 Å². The minimum absolute atomic E-state index is 0.294. The number of nitriles is 1. The Morgan fingerprint density at radius 1 is 1.00 bits per heavy atom. The van der Waals surface area contributed by atoms with Gasteiger partial charge in [-0.1, -0.05) is 24.4 Å². The lowest BCUT2D eigenvalue weighted by Gasteiger charge is -2.14. The lowest BCUT2D eigenvalue weighted by molar-refractivity contribution is 0.324. The van der Waals surface area contributed by atoms with Crippen LogP contribution in [-0.2, 0) is 0 Å². The molecule has 1 heterocycles. The third-order valence-electron chi connectivity index (χ3n) is 3.84. The van der Waals surface area contributed by atoms with Crippen LogP contribution in [0.5, 0.6) is 17.2 Å². The van der Waals surface area contributed by atoms with E-state index in [9.17, 15) is 5.26 Å². The normalized spacial score (nSPS) is 10.3. The molecule has 0 saturated carbocycles. The minimum atomic E-state index is 0.294. The molecule has 3 aromatic rings. The summed E-state index contributed by atoms with van der Waals surface area (Å²) in [5.74, 6) is 1.77. The first kappa shape index (κ1) is 16.8. The zero-order valence-corrected chi connectivity index (χ0v) is 14.8. The number of ether oxygens (including phenoxy) is 3. The van der Waals surface area contributed by atoms with Crippen LogP contribution in [0.1, 0.15) is 5.56 Å². The number of rotatable bonds is 4. The van der Waals surface area contributed by atoms with E-state index in [2.05, 4.69) is 6.07 Å². The third kappa shape index (κ3) is 2.79. The Morgan fingerprint density at radius 3 is 2.20 bits per heavy atom. The Hall–Kier alpha value is -3.04. The van der Waals surface area contributed by atoms with Gasteiger partial charge in [-0.3, -0.25) is 0 Å². The molecule has 0 radical (unpaired) electrons. The van der Waals surface area contributed by atoms with E-state index in [0.29, 0.717) is 44.2 Å². The number of methoxy groups -OCH3 is 3. The van der Waals surface area contributed by atoms with Gasteiger partial charge in [0.2, 0.25) is 5.75 Å². The van der Waals surface area contributed by atoms with Gasteiger partial charge in [0.05, 0.1) is 25.8 Å². The predicted octanol–water partition coefficient (Wildman–Crippen LogP) is 4.73. The summed E-state index contributed by atoms with van der Waals surface area (Å²) in [5.41, 5.74) is 1.51. The van der Waals surface area contributed by atoms with Gasteiger partial charge in [0, 0.05) is 10.9 Å². The SMILES string of the molecule is COc1cc(-c2oc3ccccc3c(=S)c2C#N)cc(OC)c1OC. The fraction of sp³-hybridized carbons (Fsp3) is 0.158. The average molecular weight is 353 g/mol. The van der Waals surface area contributed by atoms with Gasteiger partial charge in [0.25, 0.3) is 0 Å². The number of benzene rings is 2. The monoisotopic (exact) mass is 353 g/mol. The average Bonchev–Trinajstić information content (AvgIpc) is 2.66. The van der Waals surface area contributed by atoms with Crippen molar-refractivity contribution in [3.63, 3.8) is 0 Å². The van der Waals surface area contributed by atoms with E-state index in [1.165, 1.54) is 21.3 Å². The Bertz CT molecular complexity index is 1020. The molecular formula is C19H15NO4S. The summed E-state index contributed by atoms with van der Waals surface area (Å²) in [7, 11) is 4.59. The quantitative estimate of drug-likeness (QED) is 0.632. The van der Waals surface area contributed by atoms with Crippen molar-refractivity contribution in [1.29, 1.82) is 5.26 Å². The molecule has 3 rings (SSSR count). The van der Waals surface area contributed by atoms with Crippen LogP contribution in [-0.4, -0.2) is 21.3 Å². The fourth-order valence-electron chi connectivity index (χ4n) is 2.66. The smallest absolute Gasteiger partial charge is 0.203 e. The molecule has 0 unspecified atom stereocenters. The molecule has 6 heteroatoms. The van der Waals surface area contributed by atoms with Crippen molar-refractivity contribution in [2.24, 2.45) is 0 Å². The van der Waals surface area contributed by atoms with Crippen molar-refractivity contribution in [2.75, 3.05) is 21.3 Å². The lowest BCUT2D eigenvalue weighted by atomic mass is 10.0. The van der Waals surface area contributed by atoms with Gasteiger partial charge in [0.1, 0.15) is 17.2 Å². The molecule has 0 fully saturated rings. The Kier molecular flexibility index (Phi) is 4.59. The van der Waals surface area contributed by atoms with Crippen LogP contribution in [0.2, 0.25) is 0 Å². The summed E-state index contributed by atoms with van der Waals surface area (Å²) in [5, 5.41) is 10.3. The van der Waals surface area contributed by atoms with Gasteiger partial charge in [0.15, 0.2) is 17.3 Å². The Labute approximate surface area is 150 Å². The molecule has 0 atom stereocenters. The van der Waals surface area contributed by atoms with E-state index in [4.69, 9.17) is 30.8 Å². The maximum Gasteiger partial charge on any atom is 0.203 e. The first-order chi connectivity index (χ1) is 12.1. The number of nitrogens with zero attached hydrogens (tertiary/aromatic N) is 1. The zero-order chi connectivity index (χ0) is 18.0. The van der Waals surface area contributed by atoms with Gasteiger partial charge in [-0.15, -0.1) is 0 Å². The second-order valence-corrected chi connectivity index (χ2v) is 5.57. The fourth-order valence-corrected chi connectivity index (χ4v) is 2.97. The van der Waals surface area contributed by atoms with Crippen LogP contribution in [0.3, 0.4) is 0 Å². The molecule has 0 saturated heterocycles. The number of para-hydroxylation sites is 1. The second-order valence-electron chi connectivity index (χ2n) is 5.16. The number of hydrogen-bond acceptors (Lipinski definition) is 6. The Morgan fingerprint density at radius 2 is 1.64 bits per heavy atom. The van der Waals surface area contributed by atoms with Crippen LogP contribution >= 0.6 is 12.2 Å². The van der Waals surface area contributed by atoms with Crippen molar-refractivity contribution in [1.82, 2.24) is 0 Å². The van der Waals surface area contributed by atoms with Gasteiger partial charge < -0.3 is 18.6 Å². The van der Waals surface area contributed by atoms with Crippen LogP contribution in [0.15, 0.2) is 40.8 Å². The molecule has 0 bridgehead atoms. The summed E-state index contributed by atoms with van der Waals surface area (Å²) in [6.07, 6.45) is 0. The summed E-state index contributed by atoms with van der Waals surface area (Å²) >= 11 is 5.48. The van der Waals surface area contributed by atoms with E-state index >= 15 is 0 Å². The molecule has 0 N–H and O–H groups in total. The summed E-state index contributed by atoms with van der Waals surface area (Å²) in [4.78, 5) is 0. The lowest BCUT2D eigenvalue weighted by Crippen LogP contribution is -1.96. The van der Waals surface area contributed by atoms with Gasteiger partial charge in [-0.25, -0.2) is 0 Å². The molecular weight excluding hydrogens is 338 g/mol. The largest absolute Gasteiger partial charge is 0.493 e. The molecule has 2 aromatic carbocycles. The van der Waals surface area contributed by atoms with Crippen LogP contribution < -0.4 is 14.2 Å². The van der Waals surface area contributed by atoms with E-state index in [1.807, 2.05) is 24.3 Å². The highest BCUT2D eigenvalue weighted by Crippen LogP contribution is 2.42. The highest BCUT2D eigenvalue weighted by Gasteiger charge is 2.19. The minimum Gasteiger partial charge on any atom is -0.493 e. The molecule has 5 nitrogen and oxygen atoms in total. The topological polar surface area (TPSA) is 64.6 Å². The molecule has 0 spiro atoms. The van der Waals surface area contributed by atoms with Crippen molar-refractivity contribution < 1.29 is 18.6 Å². The van der Waals surface area contributed by atoms with Gasteiger partial charge in [-0.05, 0) is 24.3 Å². The third-order valence-corrected chi connectivity index (χ3v) is 4.26. The maximum absolute atomic E-state index is 9.61. The van der Waals surface area contributed by atoms with E-state index in [-0.39, 0.29) is 0 Å². The predicted molar refractivity (Wildman–Crippen MR) is 96.9 cm³/mol. The molecule has 0 aliphatic heterocycles. The van der Waals surface area contributed by atoms with Crippen LogP contribution in [0.4, 0.5) is 0 Å². The highest BCUT2D eigenvalue weighted by molar-refractivity contribution is 7.71. The second kappa shape index (κ2) is 6.83. The van der Waals surface area contributed by atoms with Crippen molar-refractivity contribution in [3.05, 3.63) is 46.5 Å². The molecule has 0 aliphatic rings. The van der Waals surface area contributed by atoms with E-state index < -0.39 is 0 Å². The number of hydrogen-bond donors (Lipinski definition) is 0. The van der Waals surface area contributed by atoms with Crippen molar-refractivity contribution >= 4 is 23.2 Å². The zero-order valence-electron chi connectivity index (χ0n) is 14.0. The summed E-state index contributed by atoms with van der Waals surface area (Å²) < 4.78 is 22.5.